The fourth-order valence-corrected chi connectivity index (χ4v) is 2.78. The molecule has 0 aliphatic heterocycles. The highest BCUT2D eigenvalue weighted by molar-refractivity contribution is 6.03. The van der Waals surface area contributed by atoms with Gasteiger partial charge in [-0.3, -0.25) is 4.79 Å². The highest BCUT2D eigenvalue weighted by Crippen LogP contribution is 2.22. The number of halogens is 1. The molecule has 6 heteroatoms. The molecule has 0 saturated heterocycles. The van der Waals surface area contributed by atoms with Gasteiger partial charge < -0.3 is 19.0 Å². The van der Waals surface area contributed by atoms with Gasteiger partial charge in [0.25, 0.3) is 5.91 Å². The smallest absolute Gasteiger partial charge is 0.291 e. The second-order valence-corrected chi connectivity index (χ2v) is 6.09. The van der Waals surface area contributed by atoms with Crippen LogP contribution in [0.2, 0.25) is 0 Å². The fraction of sp³-hybridized carbons (Fsp3) is 0.0455. The van der Waals surface area contributed by atoms with Crippen LogP contribution in [0.5, 0.6) is 5.75 Å². The lowest BCUT2D eigenvalue weighted by atomic mass is 10.2. The zero-order valence-corrected chi connectivity index (χ0v) is 14.8. The van der Waals surface area contributed by atoms with E-state index in [4.69, 9.17) is 9.15 Å². The van der Waals surface area contributed by atoms with Crippen molar-refractivity contribution in [2.75, 3.05) is 5.32 Å². The molecule has 5 nitrogen and oxygen atoms in total. The number of hydrogen-bond donors (Lipinski definition) is 1. The molecule has 1 N–H and O–H groups in total. The molecule has 0 atom stereocenters. The normalized spacial score (nSPS) is 10.6. The number of hydrogen-bond acceptors (Lipinski definition) is 3. The van der Waals surface area contributed by atoms with Gasteiger partial charge in [0.15, 0.2) is 5.76 Å². The van der Waals surface area contributed by atoms with Gasteiger partial charge in [-0.2, -0.15) is 0 Å². The average molecular weight is 376 g/mol. The molecule has 28 heavy (non-hydrogen) atoms. The lowest BCUT2D eigenvalue weighted by Gasteiger charge is -2.10. The topological polar surface area (TPSA) is 56.4 Å². The minimum atomic E-state index is -0.541. The zero-order chi connectivity index (χ0) is 19.3. The van der Waals surface area contributed by atoms with Gasteiger partial charge in [-0.15, -0.1) is 0 Å². The van der Waals surface area contributed by atoms with E-state index in [-0.39, 0.29) is 18.1 Å². The Balaban J connectivity index is 1.50. The number of anilines is 1. The van der Waals surface area contributed by atoms with Gasteiger partial charge in [0, 0.05) is 23.6 Å². The van der Waals surface area contributed by atoms with Crippen LogP contribution >= 0.6 is 0 Å². The summed E-state index contributed by atoms with van der Waals surface area (Å²) in [5, 5.41) is 2.58. The Kier molecular flexibility index (Phi) is 4.93. The van der Waals surface area contributed by atoms with E-state index < -0.39 is 11.7 Å². The first-order valence-corrected chi connectivity index (χ1v) is 8.69. The number of benzene rings is 2. The van der Waals surface area contributed by atoms with E-state index in [2.05, 4.69) is 5.32 Å². The largest absolute Gasteiger partial charge is 0.489 e. The van der Waals surface area contributed by atoms with Crippen molar-refractivity contribution in [2.45, 2.75) is 6.61 Å². The van der Waals surface area contributed by atoms with Gasteiger partial charge in [-0.1, -0.05) is 18.2 Å². The van der Waals surface area contributed by atoms with Crippen LogP contribution < -0.4 is 10.1 Å². The number of nitrogens with zero attached hydrogens (tertiary/aromatic N) is 1. The molecule has 140 valence electrons. The van der Waals surface area contributed by atoms with Crippen LogP contribution in [0.15, 0.2) is 89.8 Å². The first-order chi connectivity index (χ1) is 13.7. The third kappa shape index (κ3) is 3.81. The Hall–Kier alpha value is -3.80. The summed E-state index contributed by atoms with van der Waals surface area (Å²) in [5.74, 6) is -0.305. The molecule has 0 fully saturated rings. The van der Waals surface area contributed by atoms with Crippen LogP contribution in [0.3, 0.4) is 0 Å². The maximum atomic E-state index is 14.2. The van der Waals surface area contributed by atoms with Gasteiger partial charge in [-0.05, 0) is 48.5 Å². The molecule has 2 aromatic carbocycles. The summed E-state index contributed by atoms with van der Waals surface area (Å²) in [4.78, 5) is 12.6. The van der Waals surface area contributed by atoms with Crippen LogP contribution in [0.25, 0.3) is 5.69 Å². The minimum absolute atomic E-state index is 0.0718. The maximum absolute atomic E-state index is 14.2. The van der Waals surface area contributed by atoms with E-state index in [1.54, 1.807) is 18.2 Å². The van der Waals surface area contributed by atoms with Gasteiger partial charge in [0.05, 0.1) is 12.0 Å². The van der Waals surface area contributed by atoms with E-state index in [9.17, 15) is 9.18 Å². The summed E-state index contributed by atoms with van der Waals surface area (Å²) in [6, 6.07) is 19.2. The van der Waals surface area contributed by atoms with E-state index in [0.717, 1.165) is 5.69 Å². The third-order valence-electron chi connectivity index (χ3n) is 4.19. The number of furan rings is 1. The Morgan fingerprint density at radius 3 is 2.61 bits per heavy atom. The van der Waals surface area contributed by atoms with Crippen LogP contribution in [0.4, 0.5) is 10.1 Å². The Morgan fingerprint density at radius 2 is 1.82 bits per heavy atom. The predicted octanol–water partition coefficient (Wildman–Crippen LogP) is 5.04. The SMILES string of the molecule is O=C(Nc1cc(-n2cccc2)ccc1F)c1occc1COc1ccccc1. The van der Waals surface area contributed by atoms with Crippen molar-refractivity contribution in [1.82, 2.24) is 4.57 Å². The Bertz CT molecular complexity index is 1070. The molecule has 0 radical (unpaired) electrons. The van der Waals surface area contributed by atoms with Crippen molar-refractivity contribution in [2.24, 2.45) is 0 Å². The molecule has 0 bridgehead atoms. The third-order valence-corrected chi connectivity index (χ3v) is 4.19. The first-order valence-electron chi connectivity index (χ1n) is 8.69. The first kappa shape index (κ1) is 17.6. The number of carbonyl (C=O) groups excluding carboxylic acids is 1. The molecule has 0 unspecified atom stereocenters. The van der Waals surface area contributed by atoms with E-state index >= 15 is 0 Å². The average Bonchev–Trinajstić information content (AvgIpc) is 3.41. The second-order valence-electron chi connectivity index (χ2n) is 6.09. The molecule has 0 aliphatic carbocycles. The number of para-hydroxylation sites is 1. The Morgan fingerprint density at radius 1 is 1.04 bits per heavy atom. The predicted molar refractivity (Wildman–Crippen MR) is 103 cm³/mol. The van der Waals surface area contributed by atoms with E-state index in [1.807, 2.05) is 59.4 Å². The lowest BCUT2D eigenvalue weighted by Crippen LogP contribution is -2.15. The van der Waals surface area contributed by atoms with Gasteiger partial charge >= 0.3 is 0 Å². The maximum Gasteiger partial charge on any atom is 0.291 e. The van der Waals surface area contributed by atoms with Crippen LogP contribution in [0, 0.1) is 5.82 Å². The summed E-state index contributed by atoms with van der Waals surface area (Å²) < 4.78 is 27.0. The van der Waals surface area contributed by atoms with Crippen LogP contribution in [-0.2, 0) is 6.61 Å². The molecule has 0 spiro atoms. The standard InChI is InChI=1S/C22H17FN2O3/c23-19-9-8-17(25-11-4-5-12-25)14-20(19)24-22(26)21-16(10-13-27-21)15-28-18-6-2-1-3-7-18/h1-14H,15H2,(H,24,26). The number of ether oxygens (including phenoxy) is 1. The molecule has 0 aliphatic rings. The molecule has 0 saturated carbocycles. The molecule has 1 amide bonds. The van der Waals surface area contributed by atoms with Gasteiger partial charge in [0.1, 0.15) is 18.2 Å². The summed E-state index contributed by atoms with van der Waals surface area (Å²) in [6.07, 6.45) is 5.08. The number of carbonyl (C=O) groups is 1. The van der Waals surface area contributed by atoms with Crippen LogP contribution in [0.1, 0.15) is 16.1 Å². The van der Waals surface area contributed by atoms with E-state index in [1.165, 1.54) is 12.3 Å². The molecular formula is C22H17FN2O3. The van der Waals surface area contributed by atoms with Crippen molar-refractivity contribution in [3.05, 3.63) is 103 Å². The second kappa shape index (κ2) is 7.84. The highest BCUT2D eigenvalue weighted by Gasteiger charge is 2.18. The summed E-state index contributed by atoms with van der Waals surface area (Å²) in [7, 11) is 0. The van der Waals surface area contributed by atoms with Crippen molar-refractivity contribution in [3.8, 4) is 11.4 Å². The lowest BCUT2D eigenvalue weighted by molar-refractivity contribution is 0.0993. The number of nitrogens with one attached hydrogen (secondary N) is 1. The molecule has 4 aromatic rings. The molecule has 2 aromatic heterocycles. The van der Waals surface area contributed by atoms with E-state index in [0.29, 0.717) is 11.3 Å². The minimum Gasteiger partial charge on any atom is -0.489 e. The summed E-state index contributed by atoms with van der Waals surface area (Å²) in [5.41, 5.74) is 1.37. The molecule has 4 rings (SSSR count). The fourth-order valence-electron chi connectivity index (χ4n) is 2.78. The van der Waals surface area contributed by atoms with Crippen molar-refractivity contribution in [3.63, 3.8) is 0 Å². The van der Waals surface area contributed by atoms with Crippen LogP contribution in [-0.4, -0.2) is 10.5 Å². The van der Waals surface area contributed by atoms with Crippen molar-refractivity contribution < 1.29 is 18.3 Å². The molecule has 2 heterocycles. The van der Waals surface area contributed by atoms with Crippen molar-refractivity contribution >= 4 is 11.6 Å². The zero-order valence-electron chi connectivity index (χ0n) is 14.8. The number of amides is 1. The quantitative estimate of drug-likeness (QED) is 0.513. The number of aromatic nitrogens is 1. The summed E-state index contributed by atoms with van der Waals surface area (Å²) in [6.45, 7) is 0.162. The number of rotatable bonds is 6. The van der Waals surface area contributed by atoms with Gasteiger partial charge in [-0.25, -0.2) is 4.39 Å². The molecular weight excluding hydrogens is 359 g/mol. The monoisotopic (exact) mass is 376 g/mol. The highest BCUT2D eigenvalue weighted by atomic mass is 19.1. The van der Waals surface area contributed by atoms with Gasteiger partial charge in [0.2, 0.25) is 0 Å². The Labute approximate surface area is 161 Å². The van der Waals surface area contributed by atoms with Crippen molar-refractivity contribution in [1.29, 1.82) is 0 Å². The summed E-state index contributed by atoms with van der Waals surface area (Å²) >= 11 is 0.